The number of unbranched alkanes of at least 4 members (excludes halogenated alkanes) is 55. The molecular formula is C70H137NO5. The molecule has 0 spiro atoms. The normalized spacial score (nSPS) is 12.5. The van der Waals surface area contributed by atoms with Gasteiger partial charge in [-0.1, -0.05) is 366 Å². The Balaban J connectivity index is 3.31. The number of ether oxygens (including phenoxy) is 1. The van der Waals surface area contributed by atoms with Crippen LogP contribution < -0.4 is 5.32 Å². The maximum absolute atomic E-state index is 12.5. The van der Waals surface area contributed by atoms with Crippen LogP contribution in [0.3, 0.4) is 0 Å². The average Bonchev–Trinajstić information content (AvgIpc) is 3.42. The Bertz CT molecular complexity index is 1140. The monoisotopic (exact) mass is 1070 g/mol. The number of carbonyl (C=O) groups is 2. The summed E-state index contributed by atoms with van der Waals surface area (Å²) in [6.07, 6.45) is 81.6. The van der Waals surface area contributed by atoms with Crippen LogP contribution in [-0.4, -0.2) is 47.4 Å². The molecule has 0 saturated heterocycles. The number of hydrogen-bond acceptors (Lipinski definition) is 5. The average molecular weight is 1070 g/mol. The van der Waals surface area contributed by atoms with E-state index in [1.807, 2.05) is 6.08 Å². The van der Waals surface area contributed by atoms with E-state index in [0.29, 0.717) is 19.4 Å². The lowest BCUT2D eigenvalue weighted by Gasteiger charge is -2.20. The lowest BCUT2D eigenvalue weighted by Crippen LogP contribution is -2.45. The molecule has 6 nitrogen and oxygen atoms in total. The van der Waals surface area contributed by atoms with E-state index in [1.54, 1.807) is 6.08 Å². The molecule has 0 aliphatic heterocycles. The SMILES string of the molecule is CCCCCCCCCCCCC/C=C/C(O)C(CO)NC(=O)CCCCCCCCCCCCCCCCCCCCCCCCCCCCCCCCCCCOC(=O)CCCCCCCCCCCCCCC. The van der Waals surface area contributed by atoms with E-state index in [9.17, 15) is 19.8 Å². The molecule has 0 fully saturated rings. The third-order valence-electron chi connectivity index (χ3n) is 16.6. The van der Waals surface area contributed by atoms with Crippen molar-refractivity contribution in [1.29, 1.82) is 0 Å². The van der Waals surface area contributed by atoms with Crippen molar-refractivity contribution in [2.45, 2.75) is 411 Å². The highest BCUT2D eigenvalue weighted by Crippen LogP contribution is 2.19. The predicted octanol–water partition coefficient (Wildman–Crippen LogP) is 22.4. The van der Waals surface area contributed by atoms with Crippen molar-refractivity contribution in [2.24, 2.45) is 0 Å². The van der Waals surface area contributed by atoms with E-state index in [-0.39, 0.29) is 18.5 Å². The van der Waals surface area contributed by atoms with Crippen molar-refractivity contribution in [3.05, 3.63) is 12.2 Å². The van der Waals surface area contributed by atoms with Gasteiger partial charge in [-0.15, -0.1) is 0 Å². The van der Waals surface area contributed by atoms with Crippen molar-refractivity contribution in [2.75, 3.05) is 13.2 Å². The number of allylic oxidation sites excluding steroid dienone is 1. The molecule has 3 N–H and O–H groups in total. The maximum Gasteiger partial charge on any atom is 0.305 e. The Labute approximate surface area is 476 Å². The highest BCUT2D eigenvalue weighted by Gasteiger charge is 2.18. The Morgan fingerprint density at radius 1 is 0.355 bits per heavy atom. The predicted molar refractivity (Wildman–Crippen MR) is 333 cm³/mol. The van der Waals surface area contributed by atoms with Crippen LogP contribution >= 0.6 is 0 Å². The highest BCUT2D eigenvalue weighted by molar-refractivity contribution is 5.76. The molecule has 0 bridgehead atoms. The van der Waals surface area contributed by atoms with Crippen LogP contribution in [0.1, 0.15) is 399 Å². The van der Waals surface area contributed by atoms with E-state index in [4.69, 9.17) is 4.74 Å². The first-order chi connectivity index (χ1) is 37.5. The zero-order valence-electron chi connectivity index (χ0n) is 51.8. The second-order valence-corrected chi connectivity index (χ2v) is 24.2. The van der Waals surface area contributed by atoms with Gasteiger partial charge in [-0.05, 0) is 32.1 Å². The summed E-state index contributed by atoms with van der Waals surface area (Å²) < 4.78 is 5.49. The summed E-state index contributed by atoms with van der Waals surface area (Å²) >= 11 is 0. The number of amides is 1. The fourth-order valence-electron chi connectivity index (χ4n) is 11.2. The van der Waals surface area contributed by atoms with Crippen LogP contribution in [0.4, 0.5) is 0 Å². The smallest absolute Gasteiger partial charge is 0.305 e. The quantitative estimate of drug-likeness (QED) is 0.0320. The van der Waals surface area contributed by atoms with Gasteiger partial charge in [0.05, 0.1) is 25.4 Å². The van der Waals surface area contributed by atoms with Gasteiger partial charge in [0.15, 0.2) is 0 Å². The highest BCUT2D eigenvalue weighted by atomic mass is 16.5. The van der Waals surface area contributed by atoms with Crippen LogP contribution in [0.2, 0.25) is 0 Å². The third-order valence-corrected chi connectivity index (χ3v) is 16.6. The second-order valence-electron chi connectivity index (χ2n) is 24.2. The number of carbonyl (C=O) groups excluding carboxylic acids is 2. The van der Waals surface area contributed by atoms with Gasteiger partial charge in [0.2, 0.25) is 5.91 Å². The molecule has 2 unspecified atom stereocenters. The van der Waals surface area contributed by atoms with Gasteiger partial charge in [0.25, 0.3) is 0 Å². The van der Waals surface area contributed by atoms with Gasteiger partial charge in [0.1, 0.15) is 0 Å². The minimum absolute atomic E-state index is 0.0237. The van der Waals surface area contributed by atoms with Gasteiger partial charge in [0, 0.05) is 12.8 Å². The molecule has 1 amide bonds. The first-order valence-corrected chi connectivity index (χ1v) is 35.0. The summed E-state index contributed by atoms with van der Waals surface area (Å²) in [4.78, 5) is 24.5. The van der Waals surface area contributed by atoms with Gasteiger partial charge in [-0.3, -0.25) is 9.59 Å². The van der Waals surface area contributed by atoms with Crippen LogP contribution in [-0.2, 0) is 14.3 Å². The number of rotatable bonds is 66. The lowest BCUT2D eigenvalue weighted by molar-refractivity contribution is -0.143. The first-order valence-electron chi connectivity index (χ1n) is 35.0. The number of esters is 1. The Morgan fingerprint density at radius 2 is 0.605 bits per heavy atom. The van der Waals surface area contributed by atoms with E-state index in [0.717, 1.165) is 38.5 Å². The summed E-state index contributed by atoms with van der Waals surface area (Å²) in [5.74, 6) is -0.0375. The molecule has 0 aliphatic carbocycles. The number of aliphatic hydroxyl groups excluding tert-OH is 2. The van der Waals surface area contributed by atoms with Crippen molar-refractivity contribution in [3.8, 4) is 0 Å². The zero-order chi connectivity index (χ0) is 55.0. The van der Waals surface area contributed by atoms with Crippen molar-refractivity contribution >= 4 is 11.9 Å². The fraction of sp³-hybridized carbons (Fsp3) is 0.943. The topological polar surface area (TPSA) is 95.9 Å². The van der Waals surface area contributed by atoms with Gasteiger partial charge in [-0.2, -0.15) is 0 Å². The van der Waals surface area contributed by atoms with Crippen LogP contribution in [0.15, 0.2) is 12.2 Å². The number of aliphatic hydroxyl groups is 2. The van der Waals surface area contributed by atoms with E-state index in [1.165, 1.54) is 334 Å². The summed E-state index contributed by atoms with van der Waals surface area (Å²) in [6.45, 7) is 4.94. The standard InChI is InChI=1S/C70H137NO5/c1-3-5-7-9-11-13-15-38-42-46-50-54-58-62-68(73)67(66-72)71-69(74)63-59-55-51-47-43-40-36-34-32-30-28-26-24-22-20-18-17-19-21-23-25-27-29-31-33-35-37-41-45-49-53-57-61-65-76-70(75)64-60-56-52-48-44-39-16-14-12-10-8-6-4-2/h58,62,67-68,72-73H,3-57,59-61,63-66H2,1-2H3,(H,71,74)/b62-58+. The number of nitrogens with one attached hydrogen (secondary N) is 1. The largest absolute Gasteiger partial charge is 0.466 e. The molecular weight excluding hydrogens is 935 g/mol. The fourth-order valence-corrected chi connectivity index (χ4v) is 11.2. The summed E-state index contributed by atoms with van der Waals surface area (Å²) in [5.41, 5.74) is 0. The van der Waals surface area contributed by atoms with Crippen molar-refractivity contribution < 1.29 is 24.5 Å². The molecule has 0 aromatic rings. The molecule has 6 heteroatoms. The third kappa shape index (κ3) is 61.8. The minimum atomic E-state index is -0.839. The van der Waals surface area contributed by atoms with Crippen LogP contribution in [0.5, 0.6) is 0 Å². The first kappa shape index (κ1) is 74.6. The Kier molecular flexibility index (Phi) is 64.9. The van der Waals surface area contributed by atoms with Crippen molar-refractivity contribution in [3.63, 3.8) is 0 Å². The molecule has 0 aliphatic rings. The Hall–Kier alpha value is -1.40. The minimum Gasteiger partial charge on any atom is -0.466 e. The zero-order valence-corrected chi connectivity index (χ0v) is 51.8. The second kappa shape index (κ2) is 66.1. The van der Waals surface area contributed by atoms with Crippen molar-refractivity contribution in [1.82, 2.24) is 5.32 Å². The van der Waals surface area contributed by atoms with E-state index < -0.39 is 12.1 Å². The number of hydrogen-bond donors (Lipinski definition) is 3. The molecule has 76 heavy (non-hydrogen) atoms. The van der Waals surface area contributed by atoms with Crippen LogP contribution in [0.25, 0.3) is 0 Å². The van der Waals surface area contributed by atoms with Gasteiger partial charge in [-0.25, -0.2) is 0 Å². The van der Waals surface area contributed by atoms with Gasteiger partial charge >= 0.3 is 5.97 Å². The Morgan fingerprint density at radius 3 is 0.895 bits per heavy atom. The maximum atomic E-state index is 12.5. The summed E-state index contributed by atoms with van der Waals surface area (Å²) in [7, 11) is 0. The van der Waals surface area contributed by atoms with E-state index >= 15 is 0 Å². The van der Waals surface area contributed by atoms with E-state index in [2.05, 4.69) is 19.2 Å². The summed E-state index contributed by atoms with van der Waals surface area (Å²) in [6, 6.07) is -0.622. The lowest BCUT2D eigenvalue weighted by atomic mass is 10.0. The molecule has 452 valence electrons. The molecule has 0 rings (SSSR count). The summed E-state index contributed by atoms with van der Waals surface area (Å²) in [5, 5.41) is 23.1. The molecule has 2 atom stereocenters. The molecule has 0 radical (unpaired) electrons. The van der Waals surface area contributed by atoms with Gasteiger partial charge < -0.3 is 20.3 Å². The molecule has 0 aromatic carbocycles. The molecule has 0 aromatic heterocycles. The molecule has 0 heterocycles. The van der Waals surface area contributed by atoms with Crippen LogP contribution in [0, 0.1) is 0 Å². The molecule has 0 saturated carbocycles.